The molecular formula is C20H28N6O. The highest BCUT2D eigenvalue weighted by atomic mass is 16.2. The van der Waals surface area contributed by atoms with Gasteiger partial charge < -0.3 is 14.7 Å². The highest BCUT2D eigenvalue weighted by Gasteiger charge is 2.25. The molecule has 27 heavy (non-hydrogen) atoms. The predicted molar refractivity (Wildman–Crippen MR) is 107 cm³/mol. The predicted octanol–water partition coefficient (Wildman–Crippen LogP) is 2.04. The minimum Gasteiger partial charge on any atom is -0.353 e. The largest absolute Gasteiger partial charge is 0.353 e. The summed E-state index contributed by atoms with van der Waals surface area (Å²) >= 11 is 0. The van der Waals surface area contributed by atoms with Gasteiger partial charge in [0, 0.05) is 46.4 Å². The second-order valence-electron chi connectivity index (χ2n) is 7.22. The third-order valence-electron chi connectivity index (χ3n) is 4.93. The molecule has 0 aliphatic carbocycles. The van der Waals surface area contributed by atoms with Gasteiger partial charge in [-0.25, -0.2) is 4.98 Å². The molecule has 144 valence electrons. The first kappa shape index (κ1) is 19.1. The maximum absolute atomic E-state index is 11.8. The molecule has 7 nitrogen and oxygen atoms in total. The van der Waals surface area contributed by atoms with E-state index in [1.54, 1.807) is 6.92 Å². The number of carbonyl (C=O) groups excluding carboxylic acids is 1. The summed E-state index contributed by atoms with van der Waals surface area (Å²) in [5, 5.41) is 0. The van der Waals surface area contributed by atoms with Gasteiger partial charge in [0.05, 0.1) is 24.5 Å². The topological polar surface area (TPSA) is 65.5 Å². The zero-order valence-electron chi connectivity index (χ0n) is 16.9. The maximum atomic E-state index is 11.8. The molecule has 0 saturated heterocycles. The van der Waals surface area contributed by atoms with Gasteiger partial charge in [-0.15, -0.1) is 0 Å². The smallest absolute Gasteiger partial charge is 0.227 e. The van der Waals surface area contributed by atoms with E-state index in [4.69, 9.17) is 9.97 Å². The Morgan fingerprint density at radius 3 is 2.59 bits per heavy atom. The molecule has 2 aromatic heterocycles. The van der Waals surface area contributed by atoms with Gasteiger partial charge in [-0.05, 0) is 24.5 Å². The van der Waals surface area contributed by atoms with Crippen LogP contribution in [0.15, 0.2) is 18.3 Å². The minimum absolute atomic E-state index is 0.0841. The van der Waals surface area contributed by atoms with Crippen molar-refractivity contribution in [1.29, 1.82) is 0 Å². The average molecular weight is 368 g/mol. The quantitative estimate of drug-likeness (QED) is 0.805. The Bertz CT molecular complexity index is 818. The summed E-state index contributed by atoms with van der Waals surface area (Å²) in [5.41, 5.74) is 4.31. The summed E-state index contributed by atoms with van der Waals surface area (Å²) in [6.45, 7) is 5.66. The van der Waals surface area contributed by atoms with Gasteiger partial charge in [0.2, 0.25) is 11.9 Å². The Kier molecular flexibility index (Phi) is 5.58. The Morgan fingerprint density at radius 2 is 2.00 bits per heavy atom. The highest BCUT2D eigenvalue weighted by Crippen LogP contribution is 2.28. The Morgan fingerprint density at radius 1 is 1.22 bits per heavy atom. The van der Waals surface area contributed by atoms with Crippen molar-refractivity contribution in [3.8, 4) is 0 Å². The minimum atomic E-state index is 0.0841. The van der Waals surface area contributed by atoms with Crippen LogP contribution in [0.3, 0.4) is 0 Å². The van der Waals surface area contributed by atoms with E-state index in [1.807, 2.05) is 37.1 Å². The van der Waals surface area contributed by atoms with Crippen molar-refractivity contribution >= 4 is 17.7 Å². The molecule has 0 unspecified atom stereocenters. The number of hydrogen-bond acceptors (Lipinski definition) is 6. The summed E-state index contributed by atoms with van der Waals surface area (Å²) in [4.78, 5) is 31.7. The molecule has 0 aromatic carbocycles. The van der Waals surface area contributed by atoms with E-state index in [1.165, 1.54) is 5.56 Å². The van der Waals surface area contributed by atoms with Crippen molar-refractivity contribution in [2.45, 2.75) is 39.8 Å². The molecule has 1 aliphatic heterocycles. The summed E-state index contributed by atoms with van der Waals surface area (Å²) in [7, 11) is 5.90. The van der Waals surface area contributed by atoms with Crippen LogP contribution in [0.5, 0.6) is 0 Å². The first-order valence-corrected chi connectivity index (χ1v) is 9.36. The number of rotatable bonds is 5. The van der Waals surface area contributed by atoms with E-state index < -0.39 is 0 Å². The number of aryl methyl sites for hydroxylation is 1. The van der Waals surface area contributed by atoms with Crippen LogP contribution in [0.4, 0.5) is 11.8 Å². The molecule has 0 fully saturated rings. The summed E-state index contributed by atoms with van der Waals surface area (Å²) in [6, 6.07) is 4.20. The molecule has 3 rings (SSSR count). The van der Waals surface area contributed by atoms with Crippen molar-refractivity contribution < 1.29 is 4.79 Å². The van der Waals surface area contributed by atoms with E-state index in [-0.39, 0.29) is 5.91 Å². The van der Waals surface area contributed by atoms with E-state index in [0.29, 0.717) is 25.6 Å². The first-order chi connectivity index (χ1) is 12.9. The van der Waals surface area contributed by atoms with E-state index >= 15 is 0 Å². The number of carbonyl (C=O) groups is 1. The fraction of sp³-hybridized carbons (Fsp3) is 0.500. The monoisotopic (exact) mass is 368 g/mol. The van der Waals surface area contributed by atoms with Crippen molar-refractivity contribution in [3.05, 3.63) is 40.8 Å². The zero-order chi connectivity index (χ0) is 19.6. The normalized spacial score (nSPS) is 13.3. The van der Waals surface area contributed by atoms with Crippen molar-refractivity contribution in [2.75, 3.05) is 37.5 Å². The molecule has 0 bridgehead atoms. The van der Waals surface area contributed by atoms with Crippen molar-refractivity contribution in [3.63, 3.8) is 0 Å². The number of fused-ring (bicyclic) bond motifs is 1. The van der Waals surface area contributed by atoms with Gasteiger partial charge in [-0.2, -0.15) is 4.98 Å². The summed E-state index contributed by atoms with van der Waals surface area (Å²) in [6.07, 6.45) is 3.69. The van der Waals surface area contributed by atoms with Crippen LogP contribution >= 0.6 is 0 Å². The number of hydrogen-bond donors (Lipinski definition) is 0. The molecule has 0 spiro atoms. The molecule has 1 aliphatic rings. The second-order valence-corrected chi connectivity index (χ2v) is 7.22. The average Bonchev–Trinajstić information content (AvgIpc) is 2.66. The number of amides is 1. The van der Waals surface area contributed by atoms with E-state index in [0.717, 1.165) is 35.6 Å². The molecule has 0 radical (unpaired) electrons. The number of aromatic nitrogens is 3. The van der Waals surface area contributed by atoms with Crippen LogP contribution in [0, 0.1) is 0 Å². The van der Waals surface area contributed by atoms with Crippen LogP contribution in [0.1, 0.15) is 36.4 Å². The number of anilines is 2. The lowest BCUT2D eigenvalue weighted by atomic mass is 10.0. The molecule has 0 saturated carbocycles. The lowest BCUT2D eigenvalue weighted by Crippen LogP contribution is -2.36. The van der Waals surface area contributed by atoms with Gasteiger partial charge in [-0.3, -0.25) is 9.78 Å². The molecular weight excluding hydrogens is 340 g/mol. The third-order valence-corrected chi connectivity index (χ3v) is 4.93. The second kappa shape index (κ2) is 7.90. The van der Waals surface area contributed by atoms with Crippen LogP contribution in [-0.2, 0) is 30.7 Å². The standard InChI is InChI=1S/C20H28N6O/c1-6-15-7-8-16(21-11-15)12-25(5)19-17-9-10-26(14(2)27)13-18(17)22-20(23-19)24(3)4/h7-8,11H,6,9-10,12-13H2,1-5H3. The molecule has 3 heterocycles. The lowest BCUT2D eigenvalue weighted by molar-refractivity contribution is -0.129. The van der Waals surface area contributed by atoms with E-state index in [2.05, 4.69) is 28.9 Å². The van der Waals surface area contributed by atoms with Crippen molar-refractivity contribution in [2.24, 2.45) is 0 Å². The fourth-order valence-electron chi connectivity index (χ4n) is 3.26. The van der Waals surface area contributed by atoms with Crippen molar-refractivity contribution in [1.82, 2.24) is 19.9 Å². The SMILES string of the molecule is CCc1ccc(CN(C)c2nc(N(C)C)nc3c2CCN(C(C)=O)C3)nc1. The van der Waals surface area contributed by atoms with E-state index in [9.17, 15) is 4.79 Å². The summed E-state index contributed by atoms with van der Waals surface area (Å²) < 4.78 is 0. The van der Waals surface area contributed by atoms with Gasteiger partial charge >= 0.3 is 0 Å². The highest BCUT2D eigenvalue weighted by molar-refractivity contribution is 5.73. The van der Waals surface area contributed by atoms with Crippen LogP contribution in [0.25, 0.3) is 0 Å². The molecule has 1 amide bonds. The fourth-order valence-corrected chi connectivity index (χ4v) is 3.26. The Balaban J connectivity index is 1.92. The van der Waals surface area contributed by atoms with Crippen LogP contribution in [0.2, 0.25) is 0 Å². The zero-order valence-corrected chi connectivity index (χ0v) is 16.9. The van der Waals surface area contributed by atoms with Gasteiger partial charge in [-0.1, -0.05) is 13.0 Å². The van der Waals surface area contributed by atoms with Gasteiger partial charge in [0.1, 0.15) is 5.82 Å². The molecule has 2 aromatic rings. The van der Waals surface area contributed by atoms with Gasteiger partial charge in [0.25, 0.3) is 0 Å². The molecule has 0 atom stereocenters. The van der Waals surface area contributed by atoms with Crippen LogP contribution in [-0.4, -0.2) is 53.4 Å². The van der Waals surface area contributed by atoms with Gasteiger partial charge in [0.15, 0.2) is 0 Å². The number of pyridine rings is 1. The first-order valence-electron chi connectivity index (χ1n) is 9.36. The maximum Gasteiger partial charge on any atom is 0.227 e. The number of nitrogens with zero attached hydrogens (tertiary/aromatic N) is 6. The molecule has 0 N–H and O–H groups in total. The Labute approximate surface area is 161 Å². The summed E-state index contributed by atoms with van der Waals surface area (Å²) in [5.74, 6) is 1.67. The lowest BCUT2D eigenvalue weighted by Gasteiger charge is -2.31. The third kappa shape index (κ3) is 4.18. The Hall–Kier alpha value is -2.70. The van der Waals surface area contributed by atoms with Crippen LogP contribution < -0.4 is 9.80 Å². The molecule has 7 heteroatoms.